The van der Waals surface area contributed by atoms with E-state index < -0.39 is 0 Å². The lowest BCUT2D eigenvalue weighted by atomic mass is 9.88. The smallest absolute Gasteiger partial charge is 0.222 e. The van der Waals surface area contributed by atoms with Gasteiger partial charge in [-0.2, -0.15) is 0 Å². The number of rotatable bonds is 11. The zero-order valence-electron chi connectivity index (χ0n) is 18.2. The van der Waals surface area contributed by atoms with Crippen LogP contribution in [0.1, 0.15) is 66.5 Å². The van der Waals surface area contributed by atoms with Gasteiger partial charge in [-0.3, -0.25) is 4.79 Å². The van der Waals surface area contributed by atoms with Crippen LogP contribution in [0.4, 0.5) is 0 Å². The van der Waals surface area contributed by atoms with Crippen LogP contribution in [0.25, 0.3) is 0 Å². The van der Waals surface area contributed by atoms with Crippen LogP contribution in [0, 0.1) is 6.92 Å². The molecule has 3 heteroatoms. The lowest BCUT2D eigenvalue weighted by Gasteiger charge is -2.26. The van der Waals surface area contributed by atoms with Crippen LogP contribution in [0.15, 0.2) is 72.1 Å². The highest BCUT2D eigenvalue weighted by molar-refractivity contribution is 7.10. The van der Waals surface area contributed by atoms with Crippen LogP contribution in [0.5, 0.6) is 0 Å². The monoisotopic (exact) mass is 419 g/mol. The molecule has 0 aliphatic heterocycles. The Bertz CT molecular complexity index is 848. The van der Waals surface area contributed by atoms with Gasteiger partial charge in [-0.15, -0.1) is 11.3 Å². The SMILES string of the molecule is CCCCCC(=O)N(CCC(c1ccccc1)c1ccccc1)Cc1sccc1C. The van der Waals surface area contributed by atoms with E-state index in [-0.39, 0.29) is 5.91 Å². The third kappa shape index (κ3) is 6.30. The summed E-state index contributed by atoms with van der Waals surface area (Å²) in [5.74, 6) is 0.582. The Kier molecular flexibility index (Phi) is 8.70. The molecule has 1 heterocycles. The summed E-state index contributed by atoms with van der Waals surface area (Å²) in [5.41, 5.74) is 3.91. The summed E-state index contributed by atoms with van der Waals surface area (Å²) in [6.07, 6.45) is 4.82. The maximum atomic E-state index is 13.1. The van der Waals surface area contributed by atoms with Crippen LogP contribution in [-0.4, -0.2) is 17.4 Å². The number of amides is 1. The van der Waals surface area contributed by atoms with Gasteiger partial charge in [0, 0.05) is 23.8 Å². The highest BCUT2D eigenvalue weighted by Gasteiger charge is 2.20. The Hall–Kier alpha value is -2.39. The Morgan fingerprint density at radius 3 is 2.10 bits per heavy atom. The summed E-state index contributed by atoms with van der Waals surface area (Å²) in [5, 5.41) is 2.13. The fourth-order valence-corrected chi connectivity index (χ4v) is 4.82. The maximum absolute atomic E-state index is 13.1. The van der Waals surface area contributed by atoms with Crippen LogP contribution < -0.4 is 0 Å². The number of nitrogens with zero attached hydrogens (tertiary/aromatic N) is 1. The molecule has 2 nitrogen and oxygen atoms in total. The number of carbonyl (C=O) groups is 1. The number of benzene rings is 2. The van der Waals surface area contributed by atoms with E-state index in [0.29, 0.717) is 12.3 Å². The number of thiophene rings is 1. The molecule has 0 unspecified atom stereocenters. The number of hydrogen-bond acceptors (Lipinski definition) is 2. The molecule has 0 aliphatic rings. The molecular formula is C27H33NOS. The first-order chi connectivity index (χ1) is 14.7. The number of hydrogen-bond donors (Lipinski definition) is 0. The summed E-state index contributed by atoms with van der Waals surface area (Å²) in [6, 6.07) is 23.5. The Morgan fingerprint density at radius 2 is 1.57 bits per heavy atom. The molecule has 0 fully saturated rings. The average molecular weight is 420 g/mol. The molecule has 0 N–H and O–H groups in total. The van der Waals surface area contributed by atoms with Crippen LogP contribution in [0.2, 0.25) is 0 Å². The lowest BCUT2D eigenvalue weighted by Crippen LogP contribution is -2.32. The predicted octanol–water partition coefficient (Wildman–Crippen LogP) is 7.19. The molecule has 158 valence electrons. The van der Waals surface area contributed by atoms with Crippen molar-refractivity contribution in [3.8, 4) is 0 Å². The molecule has 0 saturated carbocycles. The molecule has 1 amide bonds. The van der Waals surface area contributed by atoms with Gasteiger partial charge in [0.15, 0.2) is 0 Å². The molecule has 0 aliphatic carbocycles. The largest absolute Gasteiger partial charge is 0.338 e. The molecule has 0 radical (unpaired) electrons. The first-order valence-corrected chi connectivity index (χ1v) is 12.0. The van der Waals surface area contributed by atoms with Crippen molar-refractivity contribution in [2.45, 2.75) is 58.4 Å². The van der Waals surface area contributed by atoms with Crippen molar-refractivity contribution in [3.05, 3.63) is 93.7 Å². The molecule has 2 aromatic carbocycles. The van der Waals surface area contributed by atoms with E-state index in [4.69, 9.17) is 0 Å². The quantitative estimate of drug-likeness (QED) is 0.301. The number of carbonyl (C=O) groups excluding carboxylic acids is 1. The van der Waals surface area contributed by atoms with Crippen molar-refractivity contribution < 1.29 is 4.79 Å². The second-order valence-corrected chi connectivity index (χ2v) is 8.96. The van der Waals surface area contributed by atoms with Crippen molar-refractivity contribution >= 4 is 17.2 Å². The van der Waals surface area contributed by atoms with Crippen LogP contribution in [0.3, 0.4) is 0 Å². The second-order valence-electron chi connectivity index (χ2n) is 7.96. The van der Waals surface area contributed by atoms with Gasteiger partial charge in [0.2, 0.25) is 5.91 Å². The highest BCUT2D eigenvalue weighted by atomic mass is 32.1. The zero-order valence-corrected chi connectivity index (χ0v) is 19.0. The normalized spacial score (nSPS) is 11.0. The number of unbranched alkanes of at least 4 members (excludes halogenated alkanes) is 2. The molecule has 1 aromatic heterocycles. The van der Waals surface area contributed by atoms with Gasteiger partial charge in [0.05, 0.1) is 6.54 Å². The molecule has 0 bridgehead atoms. The first kappa shape index (κ1) is 22.3. The Morgan fingerprint density at radius 1 is 0.933 bits per heavy atom. The van der Waals surface area contributed by atoms with Gasteiger partial charge < -0.3 is 4.90 Å². The summed E-state index contributed by atoms with van der Waals surface area (Å²) < 4.78 is 0. The van der Waals surface area contributed by atoms with E-state index in [1.165, 1.54) is 21.6 Å². The number of aryl methyl sites for hydroxylation is 1. The average Bonchev–Trinajstić information content (AvgIpc) is 3.19. The van der Waals surface area contributed by atoms with Crippen LogP contribution >= 0.6 is 11.3 Å². The maximum Gasteiger partial charge on any atom is 0.222 e. The van der Waals surface area contributed by atoms with Crippen LogP contribution in [-0.2, 0) is 11.3 Å². The van der Waals surface area contributed by atoms with Gasteiger partial charge in [-0.05, 0) is 47.9 Å². The molecule has 0 atom stereocenters. The molecule has 3 aromatic rings. The van der Waals surface area contributed by atoms with E-state index >= 15 is 0 Å². The highest BCUT2D eigenvalue weighted by Crippen LogP contribution is 2.29. The summed E-state index contributed by atoms with van der Waals surface area (Å²) in [4.78, 5) is 16.5. The Labute approximate surface area is 185 Å². The predicted molar refractivity (Wildman–Crippen MR) is 128 cm³/mol. The minimum atomic E-state index is 0.288. The topological polar surface area (TPSA) is 20.3 Å². The summed E-state index contributed by atoms with van der Waals surface area (Å²) >= 11 is 1.76. The van der Waals surface area contributed by atoms with E-state index in [1.54, 1.807) is 11.3 Å². The van der Waals surface area contributed by atoms with Crippen molar-refractivity contribution in [2.75, 3.05) is 6.54 Å². The van der Waals surface area contributed by atoms with Gasteiger partial charge in [-0.1, -0.05) is 80.4 Å². The molecule has 0 spiro atoms. The van der Waals surface area contributed by atoms with Gasteiger partial charge in [0.25, 0.3) is 0 Å². The van der Waals surface area contributed by atoms with E-state index in [0.717, 1.165) is 38.8 Å². The van der Waals surface area contributed by atoms with Gasteiger partial charge in [0.1, 0.15) is 0 Å². The van der Waals surface area contributed by atoms with E-state index in [1.807, 2.05) is 0 Å². The third-order valence-electron chi connectivity index (χ3n) is 5.74. The molecule has 30 heavy (non-hydrogen) atoms. The van der Waals surface area contributed by atoms with E-state index in [2.05, 4.69) is 90.9 Å². The van der Waals surface area contributed by atoms with Crippen molar-refractivity contribution in [1.82, 2.24) is 4.90 Å². The van der Waals surface area contributed by atoms with E-state index in [9.17, 15) is 4.79 Å². The molecule has 3 rings (SSSR count). The zero-order chi connectivity index (χ0) is 21.2. The van der Waals surface area contributed by atoms with Crippen molar-refractivity contribution in [1.29, 1.82) is 0 Å². The fourth-order valence-electron chi connectivity index (χ4n) is 3.90. The minimum Gasteiger partial charge on any atom is -0.338 e. The van der Waals surface area contributed by atoms with Crippen molar-refractivity contribution in [2.24, 2.45) is 0 Å². The Balaban J connectivity index is 1.77. The summed E-state index contributed by atoms with van der Waals surface area (Å²) in [6.45, 7) is 5.82. The summed E-state index contributed by atoms with van der Waals surface area (Å²) in [7, 11) is 0. The molecule has 0 saturated heterocycles. The third-order valence-corrected chi connectivity index (χ3v) is 6.75. The standard InChI is InChI=1S/C27H33NOS/c1-3-4-7-16-27(29)28(21-26-22(2)18-20-30-26)19-17-25(23-12-8-5-9-13-23)24-14-10-6-11-15-24/h5-6,8-15,18,20,25H,3-4,7,16-17,19,21H2,1-2H3. The minimum absolute atomic E-state index is 0.288. The van der Waals surface area contributed by atoms with Crippen molar-refractivity contribution in [3.63, 3.8) is 0 Å². The van der Waals surface area contributed by atoms with Gasteiger partial charge >= 0.3 is 0 Å². The fraction of sp³-hybridized carbons (Fsp3) is 0.370. The second kappa shape index (κ2) is 11.7. The van der Waals surface area contributed by atoms with Gasteiger partial charge in [-0.25, -0.2) is 0 Å². The first-order valence-electron chi connectivity index (χ1n) is 11.1. The molecular weight excluding hydrogens is 386 g/mol. The lowest BCUT2D eigenvalue weighted by molar-refractivity contribution is -0.132.